The number of aromatic amines is 1. The second-order valence-electron chi connectivity index (χ2n) is 10.3. The third kappa shape index (κ3) is 4.31. The molecule has 0 saturated carbocycles. The van der Waals surface area contributed by atoms with E-state index in [1.54, 1.807) is 6.20 Å². The SMILES string of the molecule is C[N+](C)(C)CC(c1c[nH]c2cc(Br)ccc12)c1c2c3c(ccnc3c3nc(CS(=O)(=O)[O-])oc13)NC=C2. The Bertz CT molecular complexity index is 1850. The molecule has 0 radical (unpaired) electrons. The normalized spacial score (nSPS) is 14.5. The van der Waals surface area contributed by atoms with Gasteiger partial charge in [-0.3, -0.25) is 4.98 Å². The van der Waals surface area contributed by atoms with Gasteiger partial charge in [-0.2, -0.15) is 0 Å². The van der Waals surface area contributed by atoms with Crippen molar-refractivity contribution >= 4 is 70.7 Å². The topological polar surface area (TPSA) is 124 Å². The van der Waals surface area contributed by atoms with Gasteiger partial charge in [-0.25, -0.2) is 13.4 Å². The smallest absolute Gasteiger partial charge is 0.209 e. The van der Waals surface area contributed by atoms with Crippen molar-refractivity contribution in [2.75, 3.05) is 33.0 Å². The number of quaternary nitrogens is 1. The van der Waals surface area contributed by atoms with Gasteiger partial charge in [0.05, 0.1) is 33.6 Å². The molecule has 1 atom stereocenters. The molecule has 1 aliphatic heterocycles. The van der Waals surface area contributed by atoms with Gasteiger partial charge < -0.3 is 23.8 Å². The van der Waals surface area contributed by atoms with Crippen LogP contribution in [0, 0.1) is 0 Å². The van der Waals surface area contributed by atoms with E-state index >= 15 is 0 Å². The van der Waals surface area contributed by atoms with Crippen molar-refractivity contribution in [1.82, 2.24) is 15.0 Å². The predicted molar refractivity (Wildman–Crippen MR) is 146 cm³/mol. The van der Waals surface area contributed by atoms with E-state index in [4.69, 9.17) is 4.42 Å². The molecule has 5 aromatic rings. The van der Waals surface area contributed by atoms with E-state index in [1.165, 1.54) is 0 Å². The maximum atomic E-state index is 11.6. The summed E-state index contributed by atoms with van der Waals surface area (Å²) < 4.78 is 42.5. The van der Waals surface area contributed by atoms with E-state index < -0.39 is 15.9 Å². The Morgan fingerprint density at radius 2 is 2.00 bits per heavy atom. The summed E-state index contributed by atoms with van der Waals surface area (Å²) in [5.74, 6) is -1.12. The average Bonchev–Trinajstić information content (AvgIpc) is 3.40. The number of halogens is 1. The Labute approximate surface area is 221 Å². The van der Waals surface area contributed by atoms with E-state index in [2.05, 4.69) is 63.4 Å². The fourth-order valence-electron chi connectivity index (χ4n) is 5.25. The Morgan fingerprint density at radius 1 is 1.19 bits per heavy atom. The molecule has 6 rings (SSSR count). The maximum Gasteiger partial charge on any atom is 0.209 e. The third-order valence-corrected chi connectivity index (χ3v) is 7.66. The Morgan fingerprint density at radius 3 is 2.76 bits per heavy atom. The summed E-state index contributed by atoms with van der Waals surface area (Å²) in [6.45, 7) is 0.712. The van der Waals surface area contributed by atoms with Crippen LogP contribution in [0.25, 0.3) is 39.0 Å². The van der Waals surface area contributed by atoms with E-state index in [9.17, 15) is 13.0 Å². The maximum absolute atomic E-state index is 11.6. The van der Waals surface area contributed by atoms with Crippen molar-refractivity contribution in [3.8, 4) is 0 Å². The number of H-pyrrole nitrogens is 1. The largest absolute Gasteiger partial charge is 0.748 e. The molecule has 3 aromatic heterocycles. The number of hydrogen-bond acceptors (Lipinski definition) is 7. The van der Waals surface area contributed by atoms with Crippen LogP contribution in [0.15, 0.2) is 51.7 Å². The van der Waals surface area contributed by atoms with Crippen molar-refractivity contribution in [3.05, 3.63) is 69.9 Å². The molecular weight excluding hydrogens is 558 g/mol. The van der Waals surface area contributed by atoms with E-state index in [0.717, 1.165) is 43.1 Å². The molecule has 1 aliphatic rings. The first-order chi connectivity index (χ1) is 17.5. The number of pyridine rings is 1. The average molecular weight is 582 g/mol. The van der Waals surface area contributed by atoms with Crippen LogP contribution in [0.2, 0.25) is 0 Å². The number of nitrogens with zero attached hydrogens (tertiary/aromatic N) is 3. The molecule has 0 bridgehead atoms. The van der Waals surface area contributed by atoms with Gasteiger partial charge in [-0.1, -0.05) is 22.0 Å². The minimum atomic E-state index is -4.59. The van der Waals surface area contributed by atoms with Crippen molar-refractivity contribution in [2.45, 2.75) is 11.7 Å². The molecule has 0 spiro atoms. The van der Waals surface area contributed by atoms with Gasteiger partial charge in [0.15, 0.2) is 5.58 Å². The molecule has 11 heteroatoms. The highest BCUT2D eigenvalue weighted by Gasteiger charge is 2.33. The second-order valence-corrected chi connectivity index (χ2v) is 12.7. The van der Waals surface area contributed by atoms with Crippen molar-refractivity contribution in [1.29, 1.82) is 0 Å². The molecule has 4 heterocycles. The first-order valence-corrected chi connectivity index (χ1v) is 14.0. The lowest BCUT2D eigenvalue weighted by Crippen LogP contribution is -2.39. The van der Waals surface area contributed by atoms with Crippen LogP contribution in [0.3, 0.4) is 0 Å². The first-order valence-electron chi connectivity index (χ1n) is 11.7. The highest BCUT2D eigenvalue weighted by atomic mass is 79.9. The molecule has 37 heavy (non-hydrogen) atoms. The Hall–Kier alpha value is -3.25. The Balaban J connectivity index is 1.73. The van der Waals surface area contributed by atoms with E-state index in [-0.39, 0.29) is 11.8 Å². The molecule has 0 aliphatic carbocycles. The number of likely N-dealkylation sites (N-methyl/N-ethyl adjacent to an activating group) is 1. The van der Waals surface area contributed by atoms with Crippen molar-refractivity contribution < 1.29 is 21.9 Å². The fourth-order valence-corrected chi connectivity index (χ4v) is 6.03. The second kappa shape index (κ2) is 8.38. The molecule has 0 amide bonds. The van der Waals surface area contributed by atoms with Gasteiger partial charge in [0, 0.05) is 50.6 Å². The fraction of sp³-hybridized carbons (Fsp3) is 0.231. The summed E-state index contributed by atoms with van der Waals surface area (Å²) in [6, 6.07) is 8.03. The summed E-state index contributed by atoms with van der Waals surface area (Å²) >= 11 is 3.55. The predicted octanol–water partition coefficient (Wildman–Crippen LogP) is 4.90. The molecule has 2 aromatic carbocycles. The highest BCUT2D eigenvalue weighted by Crippen LogP contribution is 2.45. The summed E-state index contributed by atoms with van der Waals surface area (Å²) in [4.78, 5) is 12.5. The van der Waals surface area contributed by atoms with Crippen LogP contribution in [-0.2, 0) is 15.9 Å². The molecular formula is C26H24BrN5O4S. The monoisotopic (exact) mass is 581 g/mol. The van der Waals surface area contributed by atoms with Crippen LogP contribution in [-0.4, -0.2) is 60.1 Å². The molecule has 0 fully saturated rings. The number of rotatable bonds is 6. The first kappa shape index (κ1) is 24.1. The van der Waals surface area contributed by atoms with Crippen LogP contribution >= 0.6 is 15.9 Å². The molecule has 9 nitrogen and oxygen atoms in total. The lowest BCUT2D eigenvalue weighted by Gasteiger charge is -2.31. The van der Waals surface area contributed by atoms with E-state index in [1.807, 2.05) is 36.7 Å². The third-order valence-electron chi connectivity index (χ3n) is 6.57. The highest BCUT2D eigenvalue weighted by molar-refractivity contribution is 9.10. The number of anilines is 1. The van der Waals surface area contributed by atoms with Gasteiger partial charge >= 0.3 is 0 Å². The van der Waals surface area contributed by atoms with Gasteiger partial charge in [-0.05, 0) is 35.4 Å². The number of benzene rings is 2. The quantitative estimate of drug-likeness (QED) is 0.216. The lowest BCUT2D eigenvalue weighted by atomic mass is 9.84. The summed E-state index contributed by atoms with van der Waals surface area (Å²) in [5.41, 5.74) is 6.25. The number of hydrogen-bond donors (Lipinski definition) is 2. The van der Waals surface area contributed by atoms with Crippen molar-refractivity contribution in [3.63, 3.8) is 0 Å². The van der Waals surface area contributed by atoms with Crippen molar-refractivity contribution in [2.24, 2.45) is 0 Å². The van der Waals surface area contributed by atoms with Gasteiger partial charge in [0.1, 0.15) is 26.9 Å². The van der Waals surface area contributed by atoms with Crippen LogP contribution in [0.1, 0.15) is 28.5 Å². The van der Waals surface area contributed by atoms with Gasteiger partial charge in [0.25, 0.3) is 0 Å². The minimum absolute atomic E-state index is 0.139. The van der Waals surface area contributed by atoms with E-state index in [0.29, 0.717) is 27.6 Å². The molecule has 190 valence electrons. The minimum Gasteiger partial charge on any atom is -0.748 e. The molecule has 2 N–H and O–H groups in total. The Kier molecular flexibility index (Phi) is 5.46. The number of oxazole rings is 1. The summed E-state index contributed by atoms with van der Waals surface area (Å²) in [7, 11) is 1.79. The van der Waals surface area contributed by atoms with Gasteiger partial charge in [0.2, 0.25) is 5.89 Å². The summed E-state index contributed by atoms with van der Waals surface area (Å²) in [5, 5.41) is 5.24. The van der Waals surface area contributed by atoms with Crippen LogP contribution < -0.4 is 5.32 Å². The zero-order valence-electron chi connectivity index (χ0n) is 20.4. The zero-order valence-corrected chi connectivity index (χ0v) is 22.8. The lowest BCUT2D eigenvalue weighted by molar-refractivity contribution is -0.871. The molecule has 1 unspecified atom stereocenters. The standard InChI is InChI=1S/C26H24BrN5O4S/c1-32(2,3)12-18(17-11-30-20-10-14(27)4-5-15(17)20)22-16-6-8-28-19-7-9-29-24(23(16)19)25-26(22)36-21(31-25)13-37(33,34)35/h4-11,18,28,30H,12-13H2,1-3H3. The van der Waals surface area contributed by atoms with Crippen LogP contribution in [0.5, 0.6) is 0 Å². The number of fused-ring (bicyclic) bond motifs is 3. The zero-order chi connectivity index (χ0) is 26.1. The molecule has 0 saturated heterocycles. The number of nitrogens with one attached hydrogen (secondary N) is 2. The van der Waals surface area contributed by atoms with Gasteiger partial charge in [-0.15, -0.1) is 0 Å². The summed E-state index contributed by atoms with van der Waals surface area (Å²) in [6.07, 6.45) is 7.56. The number of aromatic nitrogens is 3. The van der Waals surface area contributed by atoms with Crippen LogP contribution in [0.4, 0.5) is 5.69 Å².